The van der Waals surface area contributed by atoms with Crippen LogP contribution < -0.4 is 4.74 Å². The predicted molar refractivity (Wildman–Crippen MR) is 117 cm³/mol. The average Bonchev–Trinajstić information content (AvgIpc) is 3.10. The molecule has 4 rings (SSSR count). The maximum atomic E-state index is 12.8. The molecule has 1 aromatic heterocycles. The average molecular weight is 411 g/mol. The quantitative estimate of drug-likeness (QED) is 0.501. The summed E-state index contributed by atoms with van der Waals surface area (Å²) in [5.41, 5.74) is 2.67. The SMILES string of the molecule is COC(=O)C(OC(C)(C)C)c1c(-c2ccc3c(c2)CCCO3)sc2ccccc12. The lowest BCUT2D eigenvalue weighted by atomic mass is 9.97. The lowest BCUT2D eigenvalue weighted by Crippen LogP contribution is -2.28. The van der Waals surface area contributed by atoms with Gasteiger partial charge in [-0.3, -0.25) is 0 Å². The van der Waals surface area contributed by atoms with Crippen LogP contribution in [0.15, 0.2) is 42.5 Å². The van der Waals surface area contributed by atoms with Crippen LogP contribution in [0.5, 0.6) is 5.75 Å². The van der Waals surface area contributed by atoms with Crippen LogP contribution in [0.2, 0.25) is 0 Å². The first kappa shape index (κ1) is 19.9. The predicted octanol–water partition coefficient (Wildman–Crippen LogP) is 5.92. The highest BCUT2D eigenvalue weighted by molar-refractivity contribution is 7.22. The third kappa shape index (κ3) is 4.02. The molecule has 0 N–H and O–H groups in total. The molecule has 152 valence electrons. The Kier molecular flexibility index (Phi) is 5.36. The Hall–Kier alpha value is -2.37. The van der Waals surface area contributed by atoms with Crippen molar-refractivity contribution in [3.63, 3.8) is 0 Å². The van der Waals surface area contributed by atoms with Crippen molar-refractivity contribution in [2.24, 2.45) is 0 Å². The fourth-order valence-electron chi connectivity index (χ4n) is 3.73. The molecule has 1 unspecified atom stereocenters. The number of carbonyl (C=O) groups excluding carboxylic acids is 1. The summed E-state index contributed by atoms with van der Waals surface area (Å²) in [6.45, 7) is 6.62. The summed E-state index contributed by atoms with van der Waals surface area (Å²) >= 11 is 1.68. The van der Waals surface area contributed by atoms with E-state index in [0.29, 0.717) is 0 Å². The van der Waals surface area contributed by atoms with E-state index in [2.05, 4.69) is 18.2 Å². The molecule has 0 aliphatic carbocycles. The molecule has 2 aromatic carbocycles. The molecule has 0 fully saturated rings. The molecule has 0 bridgehead atoms. The zero-order valence-electron chi connectivity index (χ0n) is 17.3. The highest BCUT2D eigenvalue weighted by atomic mass is 32.1. The smallest absolute Gasteiger partial charge is 0.339 e. The van der Waals surface area contributed by atoms with Gasteiger partial charge in [-0.1, -0.05) is 18.2 Å². The van der Waals surface area contributed by atoms with Gasteiger partial charge in [-0.15, -0.1) is 11.3 Å². The van der Waals surface area contributed by atoms with E-state index in [4.69, 9.17) is 14.2 Å². The number of hydrogen-bond acceptors (Lipinski definition) is 5. The maximum absolute atomic E-state index is 12.8. The molecule has 1 atom stereocenters. The van der Waals surface area contributed by atoms with Gasteiger partial charge in [0.25, 0.3) is 0 Å². The Labute approximate surface area is 175 Å². The van der Waals surface area contributed by atoms with Gasteiger partial charge in [0.1, 0.15) is 5.75 Å². The summed E-state index contributed by atoms with van der Waals surface area (Å²) in [5, 5.41) is 1.03. The van der Waals surface area contributed by atoms with E-state index >= 15 is 0 Å². The van der Waals surface area contributed by atoms with Crippen molar-refractivity contribution in [2.45, 2.75) is 45.3 Å². The number of hydrogen-bond donors (Lipinski definition) is 0. The van der Waals surface area contributed by atoms with E-state index in [1.807, 2.05) is 45.0 Å². The summed E-state index contributed by atoms with van der Waals surface area (Å²) in [5.74, 6) is 0.573. The number of ether oxygens (including phenoxy) is 3. The second-order valence-corrected chi connectivity index (χ2v) is 9.30. The normalized spacial score (nSPS) is 14.9. The molecular weight excluding hydrogens is 384 g/mol. The zero-order chi connectivity index (χ0) is 20.6. The van der Waals surface area contributed by atoms with Crippen LogP contribution in [0.25, 0.3) is 20.5 Å². The molecule has 0 radical (unpaired) electrons. The fraction of sp³-hybridized carbons (Fsp3) is 0.375. The van der Waals surface area contributed by atoms with Gasteiger partial charge in [0, 0.05) is 15.1 Å². The standard InChI is InChI=1S/C24H26O4S/c1-24(2,3)28-21(23(25)26-4)20-17-9-5-6-10-19(17)29-22(20)16-11-12-18-15(14-16)8-7-13-27-18/h5-6,9-12,14,21H,7-8,13H2,1-4H3. The summed E-state index contributed by atoms with van der Waals surface area (Å²) in [6.07, 6.45) is 1.23. The van der Waals surface area contributed by atoms with Crippen molar-refractivity contribution in [3.8, 4) is 16.2 Å². The molecule has 5 heteroatoms. The first-order valence-electron chi connectivity index (χ1n) is 9.90. The fourth-order valence-corrected chi connectivity index (χ4v) is 4.95. The summed E-state index contributed by atoms with van der Waals surface area (Å²) in [6, 6.07) is 14.4. The third-order valence-electron chi connectivity index (χ3n) is 4.95. The second-order valence-electron chi connectivity index (χ2n) is 8.25. The number of thiophene rings is 1. The topological polar surface area (TPSA) is 44.8 Å². The number of esters is 1. The van der Waals surface area contributed by atoms with Crippen LogP contribution in [0.4, 0.5) is 0 Å². The second kappa shape index (κ2) is 7.81. The van der Waals surface area contributed by atoms with Crippen molar-refractivity contribution in [3.05, 3.63) is 53.6 Å². The Morgan fingerprint density at radius 3 is 2.72 bits per heavy atom. The Morgan fingerprint density at radius 1 is 1.17 bits per heavy atom. The maximum Gasteiger partial charge on any atom is 0.339 e. The lowest BCUT2D eigenvalue weighted by molar-refractivity contribution is -0.164. The molecule has 0 spiro atoms. The number of fused-ring (bicyclic) bond motifs is 2. The van der Waals surface area contributed by atoms with Crippen LogP contribution in [0, 0.1) is 0 Å². The number of carbonyl (C=O) groups is 1. The number of rotatable bonds is 4. The van der Waals surface area contributed by atoms with Gasteiger partial charge in [0.05, 0.1) is 19.3 Å². The summed E-state index contributed by atoms with van der Waals surface area (Å²) in [4.78, 5) is 13.8. The van der Waals surface area contributed by atoms with Gasteiger partial charge in [0.15, 0.2) is 6.10 Å². The molecule has 29 heavy (non-hydrogen) atoms. The van der Waals surface area contributed by atoms with Gasteiger partial charge in [-0.2, -0.15) is 0 Å². The third-order valence-corrected chi connectivity index (χ3v) is 6.19. The zero-order valence-corrected chi connectivity index (χ0v) is 18.1. The molecule has 0 saturated carbocycles. The first-order valence-corrected chi connectivity index (χ1v) is 10.7. The van der Waals surface area contributed by atoms with Crippen molar-refractivity contribution < 1.29 is 19.0 Å². The molecule has 1 aliphatic heterocycles. The molecule has 0 saturated heterocycles. The van der Waals surface area contributed by atoms with E-state index in [-0.39, 0.29) is 5.97 Å². The van der Waals surface area contributed by atoms with Crippen molar-refractivity contribution in [2.75, 3.05) is 13.7 Å². The van der Waals surface area contributed by atoms with Crippen LogP contribution in [-0.2, 0) is 20.7 Å². The molecule has 4 nitrogen and oxygen atoms in total. The van der Waals surface area contributed by atoms with Crippen molar-refractivity contribution in [1.82, 2.24) is 0 Å². The monoisotopic (exact) mass is 410 g/mol. The van der Waals surface area contributed by atoms with Gasteiger partial charge in [0.2, 0.25) is 0 Å². The lowest BCUT2D eigenvalue weighted by Gasteiger charge is -2.27. The number of methoxy groups -OCH3 is 1. The minimum Gasteiger partial charge on any atom is -0.493 e. The first-order chi connectivity index (χ1) is 13.9. The highest BCUT2D eigenvalue weighted by Gasteiger charge is 2.33. The number of aryl methyl sites for hydroxylation is 1. The van der Waals surface area contributed by atoms with Gasteiger partial charge < -0.3 is 14.2 Å². The molecule has 3 aromatic rings. The van der Waals surface area contributed by atoms with E-state index in [9.17, 15) is 4.79 Å². The van der Waals surface area contributed by atoms with Crippen molar-refractivity contribution >= 4 is 27.4 Å². The van der Waals surface area contributed by atoms with E-state index in [1.165, 1.54) is 12.7 Å². The van der Waals surface area contributed by atoms with Crippen LogP contribution in [0.1, 0.15) is 44.4 Å². The Bertz CT molecular complexity index is 1040. The van der Waals surface area contributed by atoms with E-state index in [0.717, 1.165) is 51.3 Å². The Morgan fingerprint density at radius 2 is 1.97 bits per heavy atom. The van der Waals surface area contributed by atoms with Gasteiger partial charge in [-0.05, 0) is 74.4 Å². The van der Waals surface area contributed by atoms with Crippen molar-refractivity contribution in [1.29, 1.82) is 0 Å². The van der Waals surface area contributed by atoms with E-state index in [1.54, 1.807) is 11.3 Å². The molecule has 2 heterocycles. The van der Waals surface area contributed by atoms with Gasteiger partial charge >= 0.3 is 5.97 Å². The minimum atomic E-state index is -0.793. The molecular formula is C24H26O4S. The molecule has 1 aliphatic rings. The van der Waals surface area contributed by atoms with E-state index < -0.39 is 11.7 Å². The minimum absolute atomic E-state index is 0.383. The Balaban J connectivity index is 1.92. The summed E-state index contributed by atoms with van der Waals surface area (Å²) < 4.78 is 18.3. The van der Waals surface area contributed by atoms with Crippen LogP contribution >= 0.6 is 11.3 Å². The highest BCUT2D eigenvalue weighted by Crippen LogP contribution is 2.45. The largest absolute Gasteiger partial charge is 0.493 e. The van der Waals surface area contributed by atoms with Gasteiger partial charge in [-0.25, -0.2) is 4.79 Å². The van der Waals surface area contributed by atoms with Crippen LogP contribution in [-0.4, -0.2) is 25.3 Å². The number of benzene rings is 2. The van der Waals surface area contributed by atoms with Crippen LogP contribution in [0.3, 0.4) is 0 Å². The summed E-state index contributed by atoms with van der Waals surface area (Å²) in [7, 11) is 1.41. The molecule has 0 amide bonds.